The van der Waals surface area contributed by atoms with E-state index in [1.54, 1.807) is 0 Å². The molecule has 1 amide bonds. The molecule has 1 atom stereocenters. The average Bonchev–Trinajstić information content (AvgIpc) is 2.64. The first-order valence-electron chi connectivity index (χ1n) is 5.81. The smallest absolute Gasteiger partial charge is 0.253 e. The van der Waals surface area contributed by atoms with Crippen LogP contribution in [0.15, 0.2) is 23.2 Å². The number of hydrogen-bond acceptors (Lipinski definition) is 2. The van der Waals surface area contributed by atoms with Crippen LogP contribution in [-0.4, -0.2) is 18.4 Å². The molecule has 0 radical (unpaired) electrons. The fourth-order valence-electron chi connectivity index (χ4n) is 1.96. The van der Waals surface area contributed by atoms with Crippen LogP contribution in [0.5, 0.6) is 0 Å². The second kappa shape index (κ2) is 4.57. The van der Waals surface area contributed by atoms with Gasteiger partial charge in [0.25, 0.3) is 5.91 Å². The van der Waals surface area contributed by atoms with Gasteiger partial charge in [0.1, 0.15) is 6.04 Å². The SMILES string of the molecule is CCN=C1NC(=O)C(c2cc(C)ccc2C)N1. The van der Waals surface area contributed by atoms with Crippen molar-refractivity contribution in [2.45, 2.75) is 26.8 Å². The van der Waals surface area contributed by atoms with Crippen molar-refractivity contribution in [1.82, 2.24) is 10.6 Å². The van der Waals surface area contributed by atoms with E-state index in [0.29, 0.717) is 12.5 Å². The predicted octanol–water partition coefficient (Wildman–Crippen LogP) is 1.44. The van der Waals surface area contributed by atoms with Crippen LogP contribution < -0.4 is 10.6 Å². The van der Waals surface area contributed by atoms with E-state index in [4.69, 9.17) is 0 Å². The minimum atomic E-state index is -0.319. The number of nitrogens with zero attached hydrogens (tertiary/aromatic N) is 1. The molecule has 4 nitrogen and oxygen atoms in total. The summed E-state index contributed by atoms with van der Waals surface area (Å²) in [5, 5.41) is 5.87. The summed E-state index contributed by atoms with van der Waals surface area (Å²) in [5.74, 6) is 0.536. The molecule has 1 aromatic rings. The average molecular weight is 231 g/mol. The maximum absolute atomic E-state index is 11.9. The number of guanidine groups is 1. The summed E-state index contributed by atoms with van der Waals surface area (Å²) in [4.78, 5) is 16.0. The maximum Gasteiger partial charge on any atom is 0.253 e. The molecule has 0 aliphatic carbocycles. The van der Waals surface area contributed by atoms with E-state index < -0.39 is 0 Å². The Morgan fingerprint density at radius 3 is 2.82 bits per heavy atom. The van der Waals surface area contributed by atoms with Gasteiger partial charge in [-0.05, 0) is 31.9 Å². The molecule has 1 aliphatic rings. The first kappa shape index (κ1) is 11.6. The Morgan fingerprint density at radius 1 is 1.35 bits per heavy atom. The summed E-state index contributed by atoms with van der Waals surface area (Å²) in [6.45, 7) is 6.63. The number of hydrogen-bond donors (Lipinski definition) is 2. The number of aryl methyl sites for hydroxylation is 2. The lowest BCUT2D eigenvalue weighted by molar-refractivity contribution is -0.120. The Kier molecular flexibility index (Phi) is 3.13. The summed E-state index contributed by atoms with van der Waals surface area (Å²) in [5.41, 5.74) is 3.28. The van der Waals surface area contributed by atoms with E-state index in [9.17, 15) is 4.79 Å². The highest BCUT2D eigenvalue weighted by molar-refractivity contribution is 6.06. The molecular formula is C13H17N3O. The lowest BCUT2D eigenvalue weighted by Gasteiger charge is -2.12. The number of nitrogens with one attached hydrogen (secondary N) is 2. The molecular weight excluding hydrogens is 214 g/mol. The van der Waals surface area contributed by atoms with E-state index in [-0.39, 0.29) is 11.9 Å². The van der Waals surface area contributed by atoms with Gasteiger partial charge in [-0.2, -0.15) is 0 Å². The molecule has 0 aromatic heterocycles. The standard InChI is InChI=1S/C13H17N3O/c1-4-14-13-15-11(12(17)16-13)10-7-8(2)5-6-9(10)3/h5-7,11H,4H2,1-3H3,(H2,14,15,16,17). The van der Waals surface area contributed by atoms with Crippen molar-refractivity contribution in [3.05, 3.63) is 34.9 Å². The van der Waals surface area contributed by atoms with Crippen LogP contribution in [0.1, 0.15) is 29.7 Å². The molecule has 1 heterocycles. The zero-order valence-electron chi connectivity index (χ0n) is 10.4. The molecule has 17 heavy (non-hydrogen) atoms. The van der Waals surface area contributed by atoms with Gasteiger partial charge >= 0.3 is 0 Å². The Bertz CT molecular complexity index is 480. The number of benzene rings is 1. The third kappa shape index (κ3) is 2.30. The van der Waals surface area contributed by atoms with Crippen molar-refractivity contribution < 1.29 is 4.79 Å². The number of carbonyl (C=O) groups excluding carboxylic acids is 1. The molecule has 2 rings (SSSR count). The second-order valence-electron chi connectivity index (χ2n) is 4.25. The zero-order valence-corrected chi connectivity index (χ0v) is 10.4. The van der Waals surface area contributed by atoms with E-state index in [2.05, 4.69) is 15.6 Å². The number of aliphatic imine (C=N–C) groups is 1. The van der Waals surface area contributed by atoms with Crippen LogP contribution in [-0.2, 0) is 4.79 Å². The molecule has 1 unspecified atom stereocenters. The third-order valence-corrected chi connectivity index (χ3v) is 2.85. The van der Waals surface area contributed by atoms with Crippen LogP contribution in [0.25, 0.3) is 0 Å². The van der Waals surface area contributed by atoms with Gasteiger partial charge in [0.2, 0.25) is 0 Å². The Balaban J connectivity index is 2.32. The number of carbonyl (C=O) groups is 1. The summed E-state index contributed by atoms with van der Waals surface area (Å²) in [6.07, 6.45) is 0. The van der Waals surface area contributed by atoms with Crippen LogP contribution in [0.3, 0.4) is 0 Å². The summed E-state index contributed by atoms with van der Waals surface area (Å²) in [7, 11) is 0. The predicted molar refractivity (Wildman–Crippen MR) is 67.9 cm³/mol. The molecule has 2 N–H and O–H groups in total. The molecule has 0 bridgehead atoms. The Morgan fingerprint density at radius 2 is 2.12 bits per heavy atom. The molecule has 0 spiro atoms. The van der Waals surface area contributed by atoms with Gasteiger partial charge in [-0.1, -0.05) is 23.8 Å². The lowest BCUT2D eigenvalue weighted by Crippen LogP contribution is -2.25. The quantitative estimate of drug-likeness (QED) is 0.809. The van der Waals surface area contributed by atoms with Crippen molar-refractivity contribution in [1.29, 1.82) is 0 Å². The van der Waals surface area contributed by atoms with Crippen molar-refractivity contribution in [2.75, 3.05) is 6.54 Å². The summed E-state index contributed by atoms with van der Waals surface area (Å²) in [6, 6.07) is 5.81. The monoisotopic (exact) mass is 231 g/mol. The third-order valence-electron chi connectivity index (χ3n) is 2.85. The highest BCUT2D eigenvalue weighted by Crippen LogP contribution is 2.21. The van der Waals surface area contributed by atoms with Gasteiger partial charge in [0, 0.05) is 6.54 Å². The number of amides is 1. The molecule has 1 saturated heterocycles. The minimum Gasteiger partial charge on any atom is -0.340 e. The Labute approximate surface area is 101 Å². The fourth-order valence-corrected chi connectivity index (χ4v) is 1.96. The van der Waals surface area contributed by atoms with E-state index >= 15 is 0 Å². The highest BCUT2D eigenvalue weighted by Gasteiger charge is 2.30. The van der Waals surface area contributed by atoms with Crippen LogP contribution in [0.4, 0.5) is 0 Å². The Hall–Kier alpha value is -1.84. The van der Waals surface area contributed by atoms with Gasteiger partial charge in [-0.15, -0.1) is 0 Å². The normalized spacial score (nSPS) is 21.5. The first-order chi connectivity index (χ1) is 8.11. The zero-order chi connectivity index (χ0) is 12.4. The lowest BCUT2D eigenvalue weighted by atomic mass is 9.99. The van der Waals surface area contributed by atoms with Crippen molar-refractivity contribution >= 4 is 11.9 Å². The maximum atomic E-state index is 11.9. The van der Waals surface area contributed by atoms with E-state index in [1.807, 2.05) is 39.0 Å². The fraction of sp³-hybridized carbons (Fsp3) is 0.385. The summed E-state index contributed by atoms with van der Waals surface area (Å²) >= 11 is 0. The minimum absolute atomic E-state index is 0.0362. The second-order valence-corrected chi connectivity index (χ2v) is 4.25. The summed E-state index contributed by atoms with van der Waals surface area (Å²) < 4.78 is 0. The van der Waals surface area contributed by atoms with Crippen molar-refractivity contribution in [3.8, 4) is 0 Å². The topological polar surface area (TPSA) is 53.5 Å². The molecule has 1 aromatic carbocycles. The van der Waals surface area contributed by atoms with Crippen LogP contribution >= 0.6 is 0 Å². The highest BCUT2D eigenvalue weighted by atomic mass is 16.2. The van der Waals surface area contributed by atoms with Gasteiger partial charge in [-0.25, -0.2) is 0 Å². The first-order valence-corrected chi connectivity index (χ1v) is 5.81. The number of rotatable bonds is 2. The van der Waals surface area contributed by atoms with Gasteiger partial charge in [0.05, 0.1) is 0 Å². The van der Waals surface area contributed by atoms with Gasteiger partial charge < -0.3 is 5.32 Å². The molecule has 4 heteroatoms. The molecule has 0 saturated carbocycles. The van der Waals surface area contributed by atoms with E-state index in [0.717, 1.165) is 16.7 Å². The van der Waals surface area contributed by atoms with Gasteiger partial charge in [0.15, 0.2) is 5.96 Å². The van der Waals surface area contributed by atoms with Gasteiger partial charge in [-0.3, -0.25) is 15.1 Å². The molecule has 1 fully saturated rings. The van der Waals surface area contributed by atoms with Crippen molar-refractivity contribution in [2.24, 2.45) is 4.99 Å². The van der Waals surface area contributed by atoms with Crippen LogP contribution in [0.2, 0.25) is 0 Å². The molecule has 90 valence electrons. The largest absolute Gasteiger partial charge is 0.340 e. The van der Waals surface area contributed by atoms with Crippen molar-refractivity contribution in [3.63, 3.8) is 0 Å². The molecule has 1 aliphatic heterocycles. The van der Waals surface area contributed by atoms with Crippen LogP contribution in [0, 0.1) is 13.8 Å². The van der Waals surface area contributed by atoms with E-state index in [1.165, 1.54) is 0 Å².